The lowest BCUT2D eigenvalue weighted by Gasteiger charge is -2.32. The second kappa shape index (κ2) is 8.59. The number of nitrogens with zero attached hydrogens (tertiary/aromatic N) is 2. The van der Waals surface area contributed by atoms with Crippen LogP contribution < -0.4 is 0 Å². The van der Waals surface area contributed by atoms with Gasteiger partial charge < -0.3 is 5.11 Å². The first-order chi connectivity index (χ1) is 12.1. The Labute approximate surface area is 149 Å². The molecule has 2 unspecified atom stereocenters. The molecule has 2 atom stereocenters. The van der Waals surface area contributed by atoms with Crippen molar-refractivity contribution in [3.63, 3.8) is 0 Å². The Hall–Kier alpha value is -1.72. The van der Waals surface area contributed by atoms with Crippen molar-refractivity contribution in [2.24, 2.45) is 0 Å². The molecule has 2 heterocycles. The van der Waals surface area contributed by atoms with Crippen LogP contribution in [0.25, 0.3) is 0 Å². The van der Waals surface area contributed by atoms with Crippen LogP contribution in [0.1, 0.15) is 56.6 Å². The average molecular weight is 344 g/mol. The van der Waals surface area contributed by atoms with E-state index in [1.807, 2.05) is 30.3 Å². The second-order valence-electron chi connectivity index (χ2n) is 7.14. The number of aliphatic hydroxyl groups excluding tert-OH is 1. The Bertz CT molecular complexity index is 574. The van der Waals surface area contributed by atoms with Crippen LogP contribution in [0.3, 0.4) is 0 Å². The molecule has 136 valence electrons. The van der Waals surface area contributed by atoms with Crippen LogP contribution in [0, 0.1) is 0 Å². The number of hydrogen-bond acceptors (Lipinski definition) is 4. The molecule has 2 aliphatic heterocycles. The maximum Gasteiger partial charge on any atom is 0.229 e. The molecule has 25 heavy (non-hydrogen) atoms. The lowest BCUT2D eigenvalue weighted by molar-refractivity contribution is -0.138. The van der Waals surface area contributed by atoms with E-state index in [0.717, 1.165) is 24.9 Å². The van der Waals surface area contributed by atoms with Crippen molar-refractivity contribution in [3.8, 4) is 0 Å². The van der Waals surface area contributed by atoms with Gasteiger partial charge in [-0.05, 0) is 31.4 Å². The van der Waals surface area contributed by atoms with Crippen LogP contribution >= 0.6 is 0 Å². The van der Waals surface area contributed by atoms with E-state index in [1.165, 1.54) is 17.7 Å². The van der Waals surface area contributed by atoms with Crippen LogP contribution in [0.4, 0.5) is 0 Å². The number of likely N-dealkylation sites (tertiary alicyclic amines) is 2. The van der Waals surface area contributed by atoms with Crippen molar-refractivity contribution >= 4 is 11.8 Å². The smallest absolute Gasteiger partial charge is 0.229 e. The Kier molecular flexibility index (Phi) is 6.21. The monoisotopic (exact) mass is 344 g/mol. The summed E-state index contributed by atoms with van der Waals surface area (Å²) >= 11 is 0. The highest BCUT2D eigenvalue weighted by Gasteiger charge is 2.30. The molecule has 0 spiro atoms. The number of hydrogen-bond donors (Lipinski definition) is 1. The summed E-state index contributed by atoms with van der Waals surface area (Å²) in [5, 5.41) is 10.6. The Morgan fingerprint density at radius 2 is 1.72 bits per heavy atom. The molecule has 5 heteroatoms. The number of carbonyl (C=O) groups excluding carboxylic acids is 2. The van der Waals surface area contributed by atoms with Gasteiger partial charge in [0.15, 0.2) is 0 Å². The molecule has 1 aromatic carbocycles. The number of amides is 2. The summed E-state index contributed by atoms with van der Waals surface area (Å²) in [5.74, 6) is -0.0821. The number of imide groups is 1. The van der Waals surface area contributed by atoms with Gasteiger partial charge >= 0.3 is 0 Å². The van der Waals surface area contributed by atoms with E-state index in [0.29, 0.717) is 38.4 Å². The first-order valence-electron chi connectivity index (χ1n) is 9.45. The van der Waals surface area contributed by atoms with Crippen LogP contribution in [0.2, 0.25) is 0 Å². The minimum atomic E-state index is -0.471. The van der Waals surface area contributed by atoms with Gasteiger partial charge in [0.2, 0.25) is 11.8 Å². The molecule has 5 nitrogen and oxygen atoms in total. The number of rotatable bonds is 6. The van der Waals surface area contributed by atoms with E-state index in [2.05, 4.69) is 4.90 Å². The summed E-state index contributed by atoms with van der Waals surface area (Å²) < 4.78 is 0. The number of carbonyl (C=O) groups is 2. The highest BCUT2D eigenvalue weighted by Crippen LogP contribution is 2.26. The minimum Gasteiger partial charge on any atom is -0.388 e. The first-order valence-corrected chi connectivity index (χ1v) is 9.45. The van der Waals surface area contributed by atoms with E-state index in [1.54, 1.807) is 0 Å². The normalized spacial score (nSPS) is 23.7. The van der Waals surface area contributed by atoms with Crippen LogP contribution in [0.15, 0.2) is 30.3 Å². The fraction of sp³-hybridized carbons (Fsp3) is 0.600. The fourth-order valence-electron chi connectivity index (χ4n) is 3.97. The Morgan fingerprint density at radius 3 is 2.44 bits per heavy atom. The van der Waals surface area contributed by atoms with Crippen LogP contribution in [-0.4, -0.2) is 52.4 Å². The van der Waals surface area contributed by atoms with Gasteiger partial charge in [0.25, 0.3) is 0 Å². The van der Waals surface area contributed by atoms with Crippen LogP contribution in [0.5, 0.6) is 0 Å². The van der Waals surface area contributed by atoms with Gasteiger partial charge in [-0.2, -0.15) is 0 Å². The third kappa shape index (κ3) is 4.67. The highest BCUT2D eigenvalue weighted by atomic mass is 16.3. The predicted molar refractivity (Wildman–Crippen MR) is 95.8 cm³/mol. The molecule has 0 radical (unpaired) electrons. The lowest BCUT2D eigenvalue weighted by atomic mass is 9.98. The third-order valence-electron chi connectivity index (χ3n) is 5.44. The summed E-state index contributed by atoms with van der Waals surface area (Å²) in [4.78, 5) is 27.4. The second-order valence-corrected chi connectivity index (χ2v) is 7.14. The van der Waals surface area contributed by atoms with Crippen molar-refractivity contribution in [1.29, 1.82) is 0 Å². The SMILES string of the molecule is O=C1CCC(=O)N1CCN1CCCCCC1CC(O)c1ccccc1. The molecule has 0 bridgehead atoms. The zero-order valence-electron chi connectivity index (χ0n) is 14.8. The molecule has 2 aliphatic rings. The molecule has 0 saturated carbocycles. The molecule has 2 fully saturated rings. The maximum absolute atomic E-state index is 11.8. The predicted octanol–water partition coefficient (Wildman–Crippen LogP) is 2.50. The fourth-order valence-corrected chi connectivity index (χ4v) is 3.97. The number of benzene rings is 1. The van der Waals surface area contributed by atoms with Crippen LogP contribution in [-0.2, 0) is 9.59 Å². The molecule has 1 N–H and O–H groups in total. The Morgan fingerprint density at radius 1 is 1.00 bits per heavy atom. The summed E-state index contributed by atoms with van der Waals surface area (Å²) in [5.41, 5.74) is 0.955. The molecule has 2 saturated heterocycles. The molecule has 2 amide bonds. The highest BCUT2D eigenvalue weighted by molar-refractivity contribution is 6.01. The summed E-state index contributed by atoms with van der Waals surface area (Å²) in [6.45, 7) is 2.17. The molecular weight excluding hydrogens is 316 g/mol. The average Bonchev–Trinajstić information content (AvgIpc) is 2.82. The van der Waals surface area contributed by atoms with Crippen molar-refractivity contribution in [2.45, 2.75) is 57.1 Å². The zero-order valence-corrected chi connectivity index (χ0v) is 14.8. The molecule has 0 aliphatic carbocycles. The quantitative estimate of drug-likeness (QED) is 0.806. The minimum absolute atomic E-state index is 0.0410. The van der Waals surface area contributed by atoms with Crippen molar-refractivity contribution < 1.29 is 14.7 Å². The largest absolute Gasteiger partial charge is 0.388 e. The lowest BCUT2D eigenvalue weighted by Crippen LogP contribution is -2.43. The van der Waals surface area contributed by atoms with Gasteiger partial charge in [-0.25, -0.2) is 0 Å². The van der Waals surface area contributed by atoms with Gasteiger partial charge in [0.1, 0.15) is 0 Å². The summed E-state index contributed by atoms with van der Waals surface area (Å²) in [7, 11) is 0. The van der Waals surface area contributed by atoms with E-state index >= 15 is 0 Å². The molecule has 0 aromatic heterocycles. The van der Waals surface area contributed by atoms with Gasteiger partial charge in [0, 0.05) is 32.0 Å². The van der Waals surface area contributed by atoms with E-state index in [4.69, 9.17) is 0 Å². The topological polar surface area (TPSA) is 60.9 Å². The maximum atomic E-state index is 11.8. The zero-order chi connectivity index (χ0) is 17.6. The van der Waals surface area contributed by atoms with Gasteiger partial charge in [-0.15, -0.1) is 0 Å². The molecule has 3 rings (SSSR count). The first kappa shape index (κ1) is 18.1. The van der Waals surface area contributed by atoms with Gasteiger partial charge in [0.05, 0.1) is 6.10 Å². The molecule has 1 aromatic rings. The summed E-state index contributed by atoms with van der Waals surface area (Å²) in [6.07, 6.45) is 5.52. The van der Waals surface area contributed by atoms with Crippen molar-refractivity contribution in [3.05, 3.63) is 35.9 Å². The number of aliphatic hydroxyl groups is 1. The third-order valence-corrected chi connectivity index (χ3v) is 5.44. The van der Waals surface area contributed by atoms with Gasteiger partial charge in [-0.3, -0.25) is 19.4 Å². The molecular formula is C20H28N2O3. The summed E-state index contributed by atoms with van der Waals surface area (Å²) in [6, 6.07) is 10.1. The van der Waals surface area contributed by atoms with E-state index in [9.17, 15) is 14.7 Å². The van der Waals surface area contributed by atoms with E-state index in [-0.39, 0.29) is 11.8 Å². The van der Waals surface area contributed by atoms with E-state index < -0.39 is 6.10 Å². The van der Waals surface area contributed by atoms with Crippen molar-refractivity contribution in [1.82, 2.24) is 9.80 Å². The Balaban J connectivity index is 1.61. The van der Waals surface area contributed by atoms with Crippen molar-refractivity contribution in [2.75, 3.05) is 19.6 Å². The van der Waals surface area contributed by atoms with Gasteiger partial charge in [-0.1, -0.05) is 43.2 Å². The standard InChI is InChI=1S/C20H28N2O3/c23-18(16-7-3-1-4-8-16)15-17-9-5-2-6-12-21(17)13-14-22-19(24)10-11-20(22)25/h1,3-4,7-8,17-18,23H,2,5-6,9-15H2.